The van der Waals surface area contributed by atoms with Crippen molar-refractivity contribution in [2.75, 3.05) is 25.9 Å². The van der Waals surface area contributed by atoms with Crippen LogP contribution in [-0.4, -0.2) is 65.5 Å². The van der Waals surface area contributed by atoms with E-state index < -0.39 is 10.0 Å². The van der Waals surface area contributed by atoms with Gasteiger partial charge in [-0.25, -0.2) is 13.1 Å². The van der Waals surface area contributed by atoms with Crippen LogP contribution in [0.5, 0.6) is 0 Å². The molecule has 136 valence electrons. The normalized spacial score (nSPS) is 19.2. The monoisotopic (exact) mass is 364 g/mol. The molecule has 2 aromatic rings. The average molecular weight is 364 g/mol. The SMILES string of the molecule is CS(=O)(=O)N[C@@H]1CCCN(CCCc2nnnn2-c2ccccc2)C1. The maximum absolute atomic E-state index is 11.4. The largest absolute Gasteiger partial charge is 0.302 e. The number of nitrogens with one attached hydrogen (secondary N) is 1. The van der Waals surface area contributed by atoms with Gasteiger partial charge in [0.1, 0.15) is 0 Å². The Morgan fingerprint density at radius 3 is 2.84 bits per heavy atom. The number of piperidine rings is 1. The Morgan fingerprint density at radius 1 is 1.28 bits per heavy atom. The van der Waals surface area contributed by atoms with E-state index in [0.717, 1.165) is 56.8 Å². The van der Waals surface area contributed by atoms with E-state index in [9.17, 15) is 8.42 Å². The Bertz CT molecular complexity index is 777. The lowest BCUT2D eigenvalue weighted by molar-refractivity contribution is 0.200. The number of hydrogen-bond acceptors (Lipinski definition) is 6. The number of rotatable bonds is 7. The summed E-state index contributed by atoms with van der Waals surface area (Å²) < 4.78 is 27.3. The number of para-hydroxylation sites is 1. The number of likely N-dealkylation sites (tertiary alicyclic amines) is 1. The van der Waals surface area contributed by atoms with E-state index in [1.165, 1.54) is 6.26 Å². The van der Waals surface area contributed by atoms with Crippen molar-refractivity contribution >= 4 is 10.0 Å². The van der Waals surface area contributed by atoms with E-state index >= 15 is 0 Å². The van der Waals surface area contributed by atoms with E-state index in [2.05, 4.69) is 25.1 Å². The minimum atomic E-state index is -3.15. The number of nitrogens with zero attached hydrogens (tertiary/aromatic N) is 5. The molecule has 1 aromatic carbocycles. The first-order chi connectivity index (χ1) is 12.0. The third-order valence-electron chi connectivity index (χ3n) is 4.30. The summed E-state index contributed by atoms with van der Waals surface area (Å²) in [5, 5.41) is 12.0. The molecule has 1 fully saturated rings. The van der Waals surface area contributed by atoms with Crippen LogP contribution in [0.3, 0.4) is 0 Å². The Morgan fingerprint density at radius 2 is 2.08 bits per heavy atom. The van der Waals surface area contributed by atoms with E-state index in [-0.39, 0.29) is 6.04 Å². The highest BCUT2D eigenvalue weighted by Gasteiger charge is 2.22. The van der Waals surface area contributed by atoms with Crippen LogP contribution in [0.1, 0.15) is 25.1 Å². The van der Waals surface area contributed by atoms with Gasteiger partial charge in [-0.15, -0.1) is 5.10 Å². The van der Waals surface area contributed by atoms with Crippen LogP contribution in [0.4, 0.5) is 0 Å². The molecule has 1 saturated heterocycles. The summed E-state index contributed by atoms with van der Waals surface area (Å²) in [6.07, 6.45) is 4.83. The van der Waals surface area contributed by atoms with Crippen molar-refractivity contribution in [2.24, 2.45) is 0 Å². The van der Waals surface area contributed by atoms with Crippen LogP contribution in [0.2, 0.25) is 0 Å². The van der Waals surface area contributed by atoms with Gasteiger partial charge in [-0.2, -0.15) is 4.68 Å². The van der Waals surface area contributed by atoms with Gasteiger partial charge in [0.05, 0.1) is 11.9 Å². The molecule has 25 heavy (non-hydrogen) atoms. The average Bonchev–Trinajstić information content (AvgIpc) is 3.03. The van der Waals surface area contributed by atoms with Gasteiger partial charge in [0.25, 0.3) is 0 Å². The van der Waals surface area contributed by atoms with Crippen LogP contribution in [0.15, 0.2) is 30.3 Å². The second-order valence-electron chi connectivity index (χ2n) is 6.48. The number of sulfonamides is 1. The van der Waals surface area contributed by atoms with Gasteiger partial charge in [-0.1, -0.05) is 18.2 Å². The molecule has 2 heterocycles. The molecule has 1 atom stereocenters. The highest BCUT2D eigenvalue weighted by atomic mass is 32.2. The van der Waals surface area contributed by atoms with E-state index in [1.807, 2.05) is 30.3 Å². The van der Waals surface area contributed by atoms with Gasteiger partial charge in [0.15, 0.2) is 5.82 Å². The van der Waals surface area contributed by atoms with Crippen molar-refractivity contribution in [1.29, 1.82) is 0 Å². The topological polar surface area (TPSA) is 93.0 Å². The Hall–Kier alpha value is -1.84. The van der Waals surface area contributed by atoms with Crippen molar-refractivity contribution in [3.05, 3.63) is 36.2 Å². The lowest BCUT2D eigenvalue weighted by atomic mass is 10.1. The molecule has 0 amide bonds. The van der Waals surface area contributed by atoms with E-state index in [4.69, 9.17) is 0 Å². The molecule has 0 aliphatic carbocycles. The zero-order valence-electron chi connectivity index (χ0n) is 14.4. The maximum Gasteiger partial charge on any atom is 0.208 e. The maximum atomic E-state index is 11.4. The molecule has 0 bridgehead atoms. The molecule has 0 saturated carbocycles. The fourth-order valence-corrected chi connectivity index (χ4v) is 4.05. The summed E-state index contributed by atoms with van der Waals surface area (Å²) in [6.45, 7) is 2.67. The van der Waals surface area contributed by atoms with Crippen LogP contribution in [-0.2, 0) is 16.4 Å². The molecule has 8 nitrogen and oxygen atoms in total. The van der Waals surface area contributed by atoms with Gasteiger partial charge in [-0.3, -0.25) is 0 Å². The Labute approximate surface area is 148 Å². The van der Waals surface area contributed by atoms with Gasteiger partial charge < -0.3 is 4.90 Å². The molecular formula is C16H24N6O2S. The number of hydrogen-bond donors (Lipinski definition) is 1. The summed E-state index contributed by atoms with van der Waals surface area (Å²) in [7, 11) is -3.15. The highest BCUT2D eigenvalue weighted by Crippen LogP contribution is 2.13. The summed E-state index contributed by atoms with van der Waals surface area (Å²) >= 11 is 0. The third kappa shape index (κ3) is 5.32. The molecule has 0 spiro atoms. The lowest BCUT2D eigenvalue weighted by Gasteiger charge is -2.32. The fraction of sp³-hybridized carbons (Fsp3) is 0.562. The first-order valence-corrected chi connectivity index (χ1v) is 10.4. The second-order valence-corrected chi connectivity index (χ2v) is 8.26. The van der Waals surface area contributed by atoms with E-state index in [0.29, 0.717) is 0 Å². The summed E-state index contributed by atoms with van der Waals surface area (Å²) in [5.41, 5.74) is 0.956. The number of tetrazole rings is 1. The first-order valence-electron chi connectivity index (χ1n) is 8.53. The van der Waals surface area contributed by atoms with Crippen molar-refractivity contribution < 1.29 is 8.42 Å². The molecule has 1 aliphatic heterocycles. The first kappa shape index (κ1) is 18.0. The molecule has 0 unspecified atom stereocenters. The van der Waals surface area contributed by atoms with Gasteiger partial charge in [0.2, 0.25) is 10.0 Å². The summed E-state index contributed by atoms with van der Waals surface area (Å²) in [4.78, 5) is 2.31. The molecule has 3 rings (SSSR count). The predicted molar refractivity (Wildman–Crippen MR) is 94.9 cm³/mol. The van der Waals surface area contributed by atoms with Crippen molar-refractivity contribution in [3.8, 4) is 5.69 Å². The minimum Gasteiger partial charge on any atom is -0.302 e. The van der Waals surface area contributed by atoms with Crippen molar-refractivity contribution in [2.45, 2.75) is 31.7 Å². The molecule has 1 aromatic heterocycles. The number of aryl methyl sites for hydroxylation is 1. The molecule has 0 radical (unpaired) electrons. The predicted octanol–water partition coefficient (Wildman–Crippen LogP) is 0.609. The van der Waals surface area contributed by atoms with Crippen molar-refractivity contribution in [1.82, 2.24) is 29.8 Å². The minimum absolute atomic E-state index is 0.0124. The van der Waals surface area contributed by atoms with E-state index in [1.54, 1.807) is 4.68 Å². The van der Waals surface area contributed by atoms with Crippen LogP contribution in [0.25, 0.3) is 5.69 Å². The molecular weight excluding hydrogens is 340 g/mol. The van der Waals surface area contributed by atoms with Crippen molar-refractivity contribution in [3.63, 3.8) is 0 Å². The second kappa shape index (κ2) is 8.03. The Kier molecular flexibility index (Phi) is 5.77. The van der Waals surface area contributed by atoms with Gasteiger partial charge in [-0.05, 0) is 54.9 Å². The Balaban J connectivity index is 1.51. The summed E-state index contributed by atoms with van der Waals surface area (Å²) in [5.74, 6) is 0.842. The van der Waals surface area contributed by atoms with Crippen LogP contribution >= 0.6 is 0 Å². The zero-order chi connectivity index (χ0) is 17.7. The number of aromatic nitrogens is 4. The fourth-order valence-electron chi connectivity index (χ4n) is 3.25. The quantitative estimate of drug-likeness (QED) is 0.774. The highest BCUT2D eigenvalue weighted by molar-refractivity contribution is 7.88. The molecule has 9 heteroatoms. The van der Waals surface area contributed by atoms with Gasteiger partial charge in [0, 0.05) is 19.0 Å². The van der Waals surface area contributed by atoms with Gasteiger partial charge >= 0.3 is 0 Å². The number of benzene rings is 1. The van der Waals surface area contributed by atoms with Crippen LogP contribution in [0, 0.1) is 0 Å². The zero-order valence-corrected chi connectivity index (χ0v) is 15.2. The summed E-state index contributed by atoms with van der Waals surface area (Å²) in [6, 6.07) is 9.86. The standard InChI is InChI=1S/C16H24N6O2S/c1-25(23,24)18-14-7-5-11-21(13-14)12-6-10-16-17-19-20-22(16)15-8-3-2-4-9-15/h2-4,8-9,14,18H,5-7,10-13H2,1H3/t14-/m1/s1. The molecule has 1 N–H and O–H groups in total. The molecule has 1 aliphatic rings. The third-order valence-corrected chi connectivity index (χ3v) is 5.06. The van der Waals surface area contributed by atoms with Crippen LogP contribution < -0.4 is 4.72 Å². The smallest absolute Gasteiger partial charge is 0.208 e. The lowest BCUT2D eigenvalue weighted by Crippen LogP contribution is -2.47.